The summed E-state index contributed by atoms with van der Waals surface area (Å²) in [5.74, 6) is 0.395. The number of hydrogen-bond donors (Lipinski definition) is 1. The normalized spacial score (nSPS) is 22.1. The third kappa shape index (κ3) is 2.14. The van der Waals surface area contributed by atoms with Gasteiger partial charge in [-0.3, -0.25) is 0 Å². The van der Waals surface area contributed by atoms with E-state index in [-0.39, 0.29) is 22.7 Å². The predicted molar refractivity (Wildman–Crippen MR) is 75.9 cm³/mol. The molecule has 2 nitrogen and oxygen atoms in total. The number of hydrogen-bond acceptors (Lipinski definition) is 2. The lowest BCUT2D eigenvalue weighted by Crippen LogP contribution is -2.26. The van der Waals surface area contributed by atoms with E-state index in [0.29, 0.717) is 17.4 Å². The van der Waals surface area contributed by atoms with Gasteiger partial charge in [0, 0.05) is 17.6 Å². The van der Waals surface area contributed by atoms with Crippen molar-refractivity contribution in [2.75, 3.05) is 7.11 Å². The standard InChI is InChI=1S/C16H24FNO/c1-10(18-14-15(2,3)16(14,4)5)13-11(17)8-7-9-12(13)19-6/h7-10,14,18H,1-6H3. The number of methoxy groups -OCH3 is 1. The van der Waals surface area contributed by atoms with Crippen LogP contribution in [0.15, 0.2) is 18.2 Å². The van der Waals surface area contributed by atoms with E-state index in [0.717, 1.165) is 0 Å². The van der Waals surface area contributed by atoms with E-state index in [1.54, 1.807) is 19.2 Å². The van der Waals surface area contributed by atoms with Gasteiger partial charge in [-0.25, -0.2) is 4.39 Å². The van der Waals surface area contributed by atoms with E-state index in [1.807, 2.05) is 6.92 Å². The average Bonchev–Trinajstić information content (AvgIpc) is 2.71. The second-order valence-corrected chi connectivity index (χ2v) is 6.62. The zero-order chi connectivity index (χ0) is 14.4. The van der Waals surface area contributed by atoms with E-state index >= 15 is 0 Å². The largest absolute Gasteiger partial charge is 0.496 e. The maximum Gasteiger partial charge on any atom is 0.131 e. The number of rotatable bonds is 4. The molecule has 0 saturated heterocycles. The van der Waals surface area contributed by atoms with Crippen molar-refractivity contribution in [3.05, 3.63) is 29.6 Å². The Morgan fingerprint density at radius 3 is 2.26 bits per heavy atom. The molecule has 0 aromatic heterocycles. The van der Waals surface area contributed by atoms with Crippen LogP contribution in [0.4, 0.5) is 4.39 Å². The highest BCUT2D eigenvalue weighted by Gasteiger charge is 2.64. The Morgan fingerprint density at radius 1 is 1.21 bits per heavy atom. The lowest BCUT2D eigenvalue weighted by molar-refractivity contribution is 0.388. The van der Waals surface area contributed by atoms with Gasteiger partial charge in [0.1, 0.15) is 11.6 Å². The van der Waals surface area contributed by atoms with Crippen molar-refractivity contribution in [1.82, 2.24) is 5.32 Å². The van der Waals surface area contributed by atoms with Gasteiger partial charge in [0.15, 0.2) is 0 Å². The SMILES string of the molecule is COc1cccc(F)c1C(C)NC1C(C)(C)C1(C)C. The molecule has 1 saturated carbocycles. The lowest BCUT2D eigenvalue weighted by atomic mass is 10.0. The Labute approximate surface area is 115 Å². The fraction of sp³-hybridized carbons (Fsp3) is 0.625. The highest BCUT2D eigenvalue weighted by Crippen LogP contribution is 2.63. The molecule has 0 radical (unpaired) electrons. The van der Waals surface area contributed by atoms with Crippen LogP contribution in [0.1, 0.15) is 46.2 Å². The molecule has 1 unspecified atom stereocenters. The summed E-state index contributed by atoms with van der Waals surface area (Å²) in [4.78, 5) is 0. The molecule has 106 valence electrons. The smallest absolute Gasteiger partial charge is 0.131 e. The van der Waals surface area contributed by atoms with Crippen LogP contribution < -0.4 is 10.1 Å². The van der Waals surface area contributed by atoms with Crippen LogP contribution in [-0.4, -0.2) is 13.2 Å². The van der Waals surface area contributed by atoms with Gasteiger partial charge in [0.05, 0.1) is 7.11 Å². The molecule has 3 heteroatoms. The summed E-state index contributed by atoms with van der Waals surface area (Å²) in [5, 5.41) is 3.55. The number of benzene rings is 1. The molecule has 0 bridgehead atoms. The molecule has 1 aromatic carbocycles. The van der Waals surface area contributed by atoms with E-state index in [1.165, 1.54) is 6.07 Å². The van der Waals surface area contributed by atoms with Gasteiger partial charge < -0.3 is 10.1 Å². The van der Waals surface area contributed by atoms with Crippen LogP contribution in [-0.2, 0) is 0 Å². The lowest BCUT2D eigenvalue weighted by Gasteiger charge is -2.19. The van der Waals surface area contributed by atoms with Crippen LogP contribution in [0.5, 0.6) is 5.75 Å². The van der Waals surface area contributed by atoms with Gasteiger partial charge in [0.2, 0.25) is 0 Å². The maximum absolute atomic E-state index is 14.0. The second kappa shape index (κ2) is 4.48. The summed E-state index contributed by atoms with van der Waals surface area (Å²) in [5.41, 5.74) is 1.09. The first kappa shape index (κ1) is 14.3. The topological polar surface area (TPSA) is 21.3 Å². The molecule has 0 heterocycles. The summed E-state index contributed by atoms with van der Waals surface area (Å²) in [7, 11) is 1.58. The first-order valence-corrected chi connectivity index (χ1v) is 6.82. The first-order chi connectivity index (χ1) is 8.73. The molecule has 1 aromatic rings. The molecule has 0 amide bonds. The summed E-state index contributed by atoms with van der Waals surface area (Å²) < 4.78 is 19.3. The van der Waals surface area contributed by atoms with Gasteiger partial charge >= 0.3 is 0 Å². The first-order valence-electron chi connectivity index (χ1n) is 6.82. The van der Waals surface area contributed by atoms with Crippen molar-refractivity contribution in [2.24, 2.45) is 10.8 Å². The fourth-order valence-corrected chi connectivity index (χ4v) is 3.06. The highest BCUT2D eigenvalue weighted by molar-refractivity contribution is 5.37. The molecule has 0 aliphatic heterocycles. The molecule has 0 spiro atoms. The predicted octanol–water partition coefficient (Wildman–Crippen LogP) is 3.92. The summed E-state index contributed by atoms with van der Waals surface area (Å²) in [6, 6.07) is 5.29. The average molecular weight is 265 g/mol. The van der Waals surface area contributed by atoms with Crippen molar-refractivity contribution in [2.45, 2.75) is 46.7 Å². The minimum absolute atomic E-state index is 0.0674. The zero-order valence-electron chi connectivity index (χ0n) is 12.7. The summed E-state index contributed by atoms with van der Waals surface area (Å²) in [6.45, 7) is 11.0. The zero-order valence-corrected chi connectivity index (χ0v) is 12.7. The third-order valence-electron chi connectivity index (χ3n) is 5.10. The van der Waals surface area contributed by atoms with Crippen molar-refractivity contribution in [3.63, 3.8) is 0 Å². The molecule has 1 aliphatic carbocycles. The molecule has 2 rings (SSSR count). The van der Waals surface area contributed by atoms with Crippen molar-refractivity contribution >= 4 is 0 Å². The molecular formula is C16H24FNO. The number of halogens is 1. The van der Waals surface area contributed by atoms with Crippen molar-refractivity contribution in [1.29, 1.82) is 0 Å². The van der Waals surface area contributed by atoms with E-state index in [2.05, 4.69) is 33.0 Å². The highest BCUT2D eigenvalue weighted by atomic mass is 19.1. The van der Waals surface area contributed by atoms with E-state index in [9.17, 15) is 4.39 Å². The van der Waals surface area contributed by atoms with Crippen molar-refractivity contribution in [3.8, 4) is 5.75 Å². The molecule has 1 atom stereocenters. The van der Waals surface area contributed by atoms with Gasteiger partial charge in [-0.2, -0.15) is 0 Å². The Kier molecular flexibility index (Phi) is 3.38. The monoisotopic (exact) mass is 265 g/mol. The minimum Gasteiger partial charge on any atom is -0.496 e. The van der Waals surface area contributed by atoms with E-state index in [4.69, 9.17) is 4.74 Å². The molecule has 1 N–H and O–H groups in total. The van der Waals surface area contributed by atoms with Crippen LogP contribution in [0.3, 0.4) is 0 Å². The Balaban J connectivity index is 2.21. The Bertz CT molecular complexity index is 468. The van der Waals surface area contributed by atoms with Crippen LogP contribution in [0, 0.1) is 16.6 Å². The summed E-state index contributed by atoms with van der Waals surface area (Å²) in [6.07, 6.45) is 0. The van der Waals surface area contributed by atoms with Crippen LogP contribution in [0.2, 0.25) is 0 Å². The Morgan fingerprint density at radius 2 is 1.79 bits per heavy atom. The second-order valence-electron chi connectivity index (χ2n) is 6.62. The maximum atomic E-state index is 14.0. The molecule has 1 aliphatic rings. The van der Waals surface area contributed by atoms with Crippen LogP contribution in [0.25, 0.3) is 0 Å². The molecule has 19 heavy (non-hydrogen) atoms. The third-order valence-corrected chi connectivity index (χ3v) is 5.10. The number of nitrogens with one attached hydrogen (secondary N) is 1. The van der Waals surface area contributed by atoms with E-state index < -0.39 is 0 Å². The van der Waals surface area contributed by atoms with Gasteiger partial charge in [0.25, 0.3) is 0 Å². The fourth-order valence-electron chi connectivity index (χ4n) is 3.06. The molecule has 1 fully saturated rings. The minimum atomic E-state index is -0.212. The van der Waals surface area contributed by atoms with Gasteiger partial charge in [-0.05, 0) is 29.9 Å². The molecular weight excluding hydrogens is 241 g/mol. The quantitative estimate of drug-likeness (QED) is 0.891. The Hall–Kier alpha value is -1.09. The van der Waals surface area contributed by atoms with Gasteiger partial charge in [-0.15, -0.1) is 0 Å². The van der Waals surface area contributed by atoms with Gasteiger partial charge in [-0.1, -0.05) is 33.8 Å². The summed E-state index contributed by atoms with van der Waals surface area (Å²) >= 11 is 0. The van der Waals surface area contributed by atoms with Crippen molar-refractivity contribution < 1.29 is 9.13 Å². The number of ether oxygens (including phenoxy) is 1. The van der Waals surface area contributed by atoms with Crippen LogP contribution >= 0.6 is 0 Å².